The third kappa shape index (κ3) is 5.47. The molecule has 0 radical (unpaired) electrons. The second-order valence-corrected chi connectivity index (χ2v) is 10.1. The summed E-state index contributed by atoms with van der Waals surface area (Å²) in [5.41, 5.74) is 15.0. The van der Waals surface area contributed by atoms with E-state index in [2.05, 4.69) is 17.1 Å². The van der Waals surface area contributed by atoms with Gasteiger partial charge in [0, 0.05) is 43.1 Å². The van der Waals surface area contributed by atoms with Crippen molar-refractivity contribution >= 4 is 21.2 Å². The van der Waals surface area contributed by atoms with Crippen LogP contribution in [-0.4, -0.2) is 43.5 Å². The maximum Gasteiger partial charge on any atom is 0.152 e. The lowest BCUT2D eigenvalue weighted by Crippen LogP contribution is -2.49. The van der Waals surface area contributed by atoms with Crippen LogP contribution in [0.3, 0.4) is 0 Å². The lowest BCUT2D eigenvalue weighted by Gasteiger charge is -2.38. The van der Waals surface area contributed by atoms with Gasteiger partial charge in [-0.05, 0) is 48.7 Å². The molecule has 3 rings (SSSR count). The second-order valence-electron chi connectivity index (χ2n) is 7.92. The normalized spacial score (nSPS) is 21.2. The molecule has 152 valence electrons. The summed E-state index contributed by atoms with van der Waals surface area (Å²) in [6.07, 6.45) is 0.669. The minimum atomic E-state index is -2.97. The van der Waals surface area contributed by atoms with E-state index in [4.69, 9.17) is 11.5 Å². The van der Waals surface area contributed by atoms with Gasteiger partial charge >= 0.3 is 0 Å². The van der Waals surface area contributed by atoms with E-state index in [0.717, 1.165) is 36.6 Å². The van der Waals surface area contributed by atoms with Crippen LogP contribution in [0.5, 0.6) is 0 Å². The average Bonchev–Trinajstić information content (AvgIpc) is 2.95. The van der Waals surface area contributed by atoms with E-state index < -0.39 is 9.84 Å². The highest BCUT2D eigenvalue weighted by Crippen LogP contribution is 2.30. The predicted molar refractivity (Wildman–Crippen MR) is 116 cm³/mol. The van der Waals surface area contributed by atoms with Gasteiger partial charge < -0.3 is 16.8 Å². The van der Waals surface area contributed by atoms with E-state index in [-0.39, 0.29) is 17.0 Å². The summed E-state index contributed by atoms with van der Waals surface area (Å²) >= 11 is 0. The van der Waals surface area contributed by atoms with Crippen LogP contribution in [0.25, 0.3) is 0 Å². The minimum Gasteiger partial charge on any atom is -0.399 e. The van der Waals surface area contributed by atoms with Gasteiger partial charge in [0.05, 0.1) is 11.5 Å². The highest BCUT2D eigenvalue weighted by molar-refractivity contribution is 7.91. The van der Waals surface area contributed by atoms with Crippen molar-refractivity contribution in [3.63, 3.8) is 0 Å². The number of sulfone groups is 1. The molecule has 1 aliphatic rings. The molecule has 1 fully saturated rings. The SMILES string of the molecule is C[C@]1(N(CCNCc2ccc(N)cc2)Cc2ccc(N)cc2)CCS(=O)(=O)C1. The van der Waals surface area contributed by atoms with Crippen LogP contribution < -0.4 is 16.8 Å². The first-order chi connectivity index (χ1) is 13.3. The molecule has 0 bridgehead atoms. The number of nitrogen functional groups attached to an aromatic ring is 2. The minimum absolute atomic E-state index is 0.215. The van der Waals surface area contributed by atoms with Crippen molar-refractivity contribution in [1.29, 1.82) is 0 Å². The van der Waals surface area contributed by atoms with Crippen molar-refractivity contribution in [3.8, 4) is 0 Å². The van der Waals surface area contributed by atoms with Crippen molar-refractivity contribution < 1.29 is 8.42 Å². The van der Waals surface area contributed by atoms with Gasteiger partial charge in [0.1, 0.15) is 0 Å². The standard InChI is InChI=1S/C21H30N4O2S/c1-21(10-13-28(26,27)16-21)25(15-18-4-8-20(23)9-5-18)12-11-24-14-17-2-6-19(22)7-3-17/h2-9,24H,10-16,22-23H2,1H3/t21-/m0/s1. The molecule has 1 heterocycles. The van der Waals surface area contributed by atoms with Crippen molar-refractivity contribution in [2.45, 2.75) is 32.0 Å². The number of hydrogen-bond acceptors (Lipinski definition) is 6. The molecule has 0 saturated carbocycles. The number of benzene rings is 2. The van der Waals surface area contributed by atoms with Gasteiger partial charge in [0.2, 0.25) is 0 Å². The molecular formula is C21H30N4O2S. The highest BCUT2D eigenvalue weighted by Gasteiger charge is 2.42. The molecule has 1 aliphatic heterocycles. The Balaban J connectivity index is 1.63. The first kappa shape index (κ1) is 20.6. The Morgan fingerprint density at radius 3 is 2.11 bits per heavy atom. The van der Waals surface area contributed by atoms with Gasteiger partial charge in [-0.1, -0.05) is 24.3 Å². The number of nitrogens with one attached hydrogen (secondary N) is 1. The van der Waals surface area contributed by atoms with E-state index in [9.17, 15) is 8.42 Å². The smallest absolute Gasteiger partial charge is 0.152 e. The van der Waals surface area contributed by atoms with E-state index in [1.165, 1.54) is 5.56 Å². The van der Waals surface area contributed by atoms with Gasteiger partial charge in [-0.3, -0.25) is 4.90 Å². The zero-order valence-electron chi connectivity index (χ0n) is 16.4. The van der Waals surface area contributed by atoms with Crippen LogP contribution in [0, 0.1) is 0 Å². The van der Waals surface area contributed by atoms with Crippen LogP contribution in [0.2, 0.25) is 0 Å². The summed E-state index contributed by atoms with van der Waals surface area (Å²) in [5, 5.41) is 3.46. The first-order valence-corrected chi connectivity index (χ1v) is 11.4. The van der Waals surface area contributed by atoms with Crippen LogP contribution in [0.15, 0.2) is 48.5 Å². The zero-order chi connectivity index (χ0) is 20.2. The van der Waals surface area contributed by atoms with Crippen LogP contribution in [0.1, 0.15) is 24.5 Å². The second kappa shape index (κ2) is 8.51. The van der Waals surface area contributed by atoms with Crippen molar-refractivity contribution in [2.75, 3.05) is 36.1 Å². The van der Waals surface area contributed by atoms with E-state index >= 15 is 0 Å². The maximum atomic E-state index is 12.1. The molecule has 28 heavy (non-hydrogen) atoms. The number of nitrogens with two attached hydrogens (primary N) is 2. The highest BCUT2D eigenvalue weighted by atomic mass is 32.2. The molecule has 0 unspecified atom stereocenters. The Labute approximate surface area is 167 Å². The Bertz CT molecular complexity index is 882. The summed E-state index contributed by atoms with van der Waals surface area (Å²) in [4.78, 5) is 2.29. The molecule has 0 spiro atoms. The lowest BCUT2D eigenvalue weighted by molar-refractivity contribution is 0.117. The molecule has 1 atom stereocenters. The molecule has 2 aromatic rings. The van der Waals surface area contributed by atoms with Crippen molar-refractivity contribution in [1.82, 2.24) is 10.2 Å². The topological polar surface area (TPSA) is 101 Å². The predicted octanol–water partition coefficient (Wildman–Crippen LogP) is 2.02. The third-order valence-electron chi connectivity index (χ3n) is 5.47. The Morgan fingerprint density at radius 1 is 1.00 bits per heavy atom. The quantitative estimate of drug-likeness (QED) is 0.461. The number of hydrogen-bond donors (Lipinski definition) is 3. The molecule has 6 nitrogen and oxygen atoms in total. The van der Waals surface area contributed by atoms with Crippen molar-refractivity contribution in [3.05, 3.63) is 59.7 Å². The van der Waals surface area contributed by atoms with E-state index in [0.29, 0.717) is 13.0 Å². The average molecular weight is 403 g/mol. The van der Waals surface area contributed by atoms with Crippen LogP contribution in [-0.2, 0) is 22.9 Å². The van der Waals surface area contributed by atoms with Crippen LogP contribution >= 0.6 is 0 Å². The van der Waals surface area contributed by atoms with Gasteiger partial charge in [-0.15, -0.1) is 0 Å². The number of anilines is 2. The Morgan fingerprint density at radius 2 is 1.57 bits per heavy atom. The van der Waals surface area contributed by atoms with Gasteiger partial charge in [0.25, 0.3) is 0 Å². The largest absolute Gasteiger partial charge is 0.399 e. The summed E-state index contributed by atoms with van der Waals surface area (Å²) in [6.45, 7) is 5.07. The molecule has 2 aromatic carbocycles. The fourth-order valence-corrected chi connectivity index (χ4v) is 5.88. The monoisotopic (exact) mass is 402 g/mol. The summed E-state index contributed by atoms with van der Waals surface area (Å²) in [6, 6.07) is 15.6. The van der Waals surface area contributed by atoms with E-state index in [1.807, 2.05) is 48.5 Å². The molecule has 0 aliphatic carbocycles. The first-order valence-electron chi connectivity index (χ1n) is 9.61. The summed E-state index contributed by atoms with van der Waals surface area (Å²) < 4.78 is 24.2. The Kier molecular flexibility index (Phi) is 6.27. The summed E-state index contributed by atoms with van der Waals surface area (Å²) in [5.74, 6) is 0.480. The summed E-state index contributed by atoms with van der Waals surface area (Å²) in [7, 11) is -2.97. The maximum absolute atomic E-state index is 12.1. The molecule has 5 N–H and O–H groups in total. The third-order valence-corrected chi connectivity index (χ3v) is 7.35. The molecule has 0 amide bonds. The molecule has 7 heteroatoms. The van der Waals surface area contributed by atoms with Crippen LogP contribution in [0.4, 0.5) is 11.4 Å². The van der Waals surface area contributed by atoms with E-state index in [1.54, 1.807) is 0 Å². The number of rotatable bonds is 8. The fourth-order valence-electron chi connectivity index (χ4n) is 3.71. The van der Waals surface area contributed by atoms with Gasteiger partial charge in [0.15, 0.2) is 9.84 Å². The van der Waals surface area contributed by atoms with Crippen molar-refractivity contribution in [2.24, 2.45) is 0 Å². The van der Waals surface area contributed by atoms with Gasteiger partial charge in [-0.2, -0.15) is 0 Å². The van der Waals surface area contributed by atoms with Gasteiger partial charge in [-0.25, -0.2) is 8.42 Å². The molecule has 1 saturated heterocycles. The lowest BCUT2D eigenvalue weighted by atomic mass is 9.98. The number of nitrogens with zero attached hydrogens (tertiary/aromatic N) is 1. The molecule has 0 aromatic heterocycles. The fraction of sp³-hybridized carbons (Fsp3) is 0.429. The zero-order valence-corrected chi connectivity index (χ0v) is 17.2. The molecular weight excluding hydrogens is 372 g/mol. The Hall–Kier alpha value is -2.09.